The first-order valence-electron chi connectivity index (χ1n) is 6.14. The summed E-state index contributed by atoms with van der Waals surface area (Å²) >= 11 is 0. The van der Waals surface area contributed by atoms with Crippen LogP contribution in [0.15, 0.2) is 24.8 Å². The molecule has 2 rings (SSSR count). The highest BCUT2D eigenvalue weighted by Crippen LogP contribution is 2.55. The van der Waals surface area contributed by atoms with Gasteiger partial charge in [-0.3, -0.25) is 4.90 Å². The standard InChI is InChI=1S/C14H21NO2/c1-6-9-15-12(16)17-13(4)8-7-11(10(2)3)14(13,15)5/h6,11H,1-2,7-9H2,3-5H3/t11-,13+,14+/m0/s1. The number of hydrogen-bond acceptors (Lipinski definition) is 2. The minimum Gasteiger partial charge on any atom is -0.441 e. The lowest BCUT2D eigenvalue weighted by Gasteiger charge is -2.41. The van der Waals surface area contributed by atoms with Crippen LogP contribution in [0, 0.1) is 5.92 Å². The minimum absolute atomic E-state index is 0.221. The van der Waals surface area contributed by atoms with Crippen LogP contribution < -0.4 is 0 Å². The first-order chi connectivity index (χ1) is 7.87. The molecule has 1 amide bonds. The van der Waals surface area contributed by atoms with E-state index in [1.807, 2.05) is 18.7 Å². The topological polar surface area (TPSA) is 29.5 Å². The number of rotatable bonds is 3. The highest BCUT2D eigenvalue weighted by Gasteiger charge is 2.66. The first kappa shape index (κ1) is 12.2. The molecule has 1 heterocycles. The number of amides is 1. The zero-order valence-electron chi connectivity index (χ0n) is 11.0. The summed E-state index contributed by atoms with van der Waals surface area (Å²) in [7, 11) is 0. The number of nitrogens with zero attached hydrogens (tertiary/aromatic N) is 1. The molecule has 0 aromatic heterocycles. The summed E-state index contributed by atoms with van der Waals surface area (Å²) in [6, 6.07) is 0. The Kier molecular flexibility index (Phi) is 2.60. The van der Waals surface area contributed by atoms with Crippen LogP contribution in [0.25, 0.3) is 0 Å². The molecule has 94 valence electrons. The number of carbonyl (C=O) groups excluding carboxylic acids is 1. The van der Waals surface area contributed by atoms with E-state index in [2.05, 4.69) is 20.1 Å². The largest absolute Gasteiger partial charge is 0.441 e. The molecule has 0 unspecified atom stereocenters. The molecule has 3 atom stereocenters. The summed E-state index contributed by atoms with van der Waals surface area (Å²) in [4.78, 5) is 13.8. The number of fused-ring (bicyclic) bond motifs is 1. The minimum atomic E-state index is -0.392. The molecule has 0 radical (unpaired) electrons. The van der Waals surface area contributed by atoms with Crippen LogP contribution in [-0.4, -0.2) is 28.7 Å². The van der Waals surface area contributed by atoms with E-state index in [0.717, 1.165) is 18.4 Å². The van der Waals surface area contributed by atoms with E-state index in [-0.39, 0.29) is 11.6 Å². The Bertz CT molecular complexity index is 390. The zero-order chi connectivity index (χ0) is 12.8. The summed E-state index contributed by atoms with van der Waals surface area (Å²) in [6.45, 7) is 14.5. The fourth-order valence-electron chi connectivity index (χ4n) is 3.51. The van der Waals surface area contributed by atoms with Crippen LogP contribution in [0.2, 0.25) is 0 Å². The smallest absolute Gasteiger partial charge is 0.411 e. The quantitative estimate of drug-likeness (QED) is 0.703. The van der Waals surface area contributed by atoms with Gasteiger partial charge in [0.1, 0.15) is 5.60 Å². The Hall–Kier alpha value is -1.25. The molecule has 1 aliphatic heterocycles. The van der Waals surface area contributed by atoms with E-state index in [1.54, 1.807) is 6.08 Å². The Balaban J connectivity index is 2.46. The van der Waals surface area contributed by atoms with Crippen LogP contribution in [-0.2, 0) is 4.74 Å². The van der Waals surface area contributed by atoms with Crippen LogP contribution >= 0.6 is 0 Å². The van der Waals surface area contributed by atoms with Crippen LogP contribution in [0.3, 0.4) is 0 Å². The first-order valence-corrected chi connectivity index (χ1v) is 6.14. The van der Waals surface area contributed by atoms with Gasteiger partial charge < -0.3 is 4.74 Å². The van der Waals surface area contributed by atoms with Gasteiger partial charge in [0.25, 0.3) is 0 Å². The van der Waals surface area contributed by atoms with Crippen molar-refractivity contribution in [3.05, 3.63) is 24.8 Å². The molecule has 1 saturated carbocycles. The Labute approximate surface area is 103 Å². The van der Waals surface area contributed by atoms with Gasteiger partial charge in [-0.15, -0.1) is 6.58 Å². The van der Waals surface area contributed by atoms with Crippen molar-refractivity contribution in [3.8, 4) is 0 Å². The number of carbonyl (C=O) groups is 1. The molecular formula is C14H21NO2. The van der Waals surface area contributed by atoms with Gasteiger partial charge in [-0.05, 0) is 33.6 Å². The molecule has 17 heavy (non-hydrogen) atoms. The monoisotopic (exact) mass is 235 g/mol. The van der Waals surface area contributed by atoms with Crippen molar-refractivity contribution in [2.75, 3.05) is 6.54 Å². The van der Waals surface area contributed by atoms with E-state index in [4.69, 9.17) is 4.74 Å². The van der Waals surface area contributed by atoms with Crippen molar-refractivity contribution < 1.29 is 9.53 Å². The van der Waals surface area contributed by atoms with Crippen molar-refractivity contribution >= 4 is 6.09 Å². The SMILES string of the molecule is C=CCN1C(=O)O[C@]2(C)CC[C@@H](C(=C)C)[C@@]12C. The second kappa shape index (κ2) is 3.62. The van der Waals surface area contributed by atoms with Gasteiger partial charge in [0.15, 0.2) is 0 Å². The highest BCUT2D eigenvalue weighted by molar-refractivity contribution is 5.73. The summed E-state index contributed by atoms with van der Waals surface area (Å²) in [6.07, 6.45) is 3.47. The van der Waals surface area contributed by atoms with Crippen molar-refractivity contribution in [2.24, 2.45) is 5.92 Å². The molecule has 2 aliphatic rings. The second-order valence-electron chi connectivity index (χ2n) is 5.58. The van der Waals surface area contributed by atoms with E-state index >= 15 is 0 Å². The molecule has 3 nitrogen and oxygen atoms in total. The molecule has 0 N–H and O–H groups in total. The van der Waals surface area contributed by atoms with E-state index in [9.17, 15) is 4.79 Å². The molecule has 0 aromatic carbocycles. The average Bonchev–Trinajstić information content (AvgIpc) is 2.57. The molecule has 3 heteroatoms. The summed E-state index contributed by atoms with van der Waals surface area (Å²) < 4.78 is 5.62. The molecule has 0 aromatic rings. The van der Waals surface area contributed by atoms with Gasteiger partial charge in [-0.25, -0.2) is 4.79 Å². The molecule has 1 saturated heterocycles. The number of ether oxygens (including phenoxy) is 1. The third-order valence-electron chi connectivity index (χ3n) is 4.66. The lowest BCUT2D eigenvalue weighted by molar-refractivity contribution is 0.0239. The second-order valence-corrected chi connectivity index (χ2v) is 5.58. The van der Waals surface area contributed by atoms with Crippen molar-refractivity contribution in [2.45, 2.75) is 44.8 Å². The maximum atomic E-state index is 12.0. The van der Waals surface area contributed by atoms with Crippen LogP contribution in [0.1, 0.15) is 33.6 Å². The Morgan fingerprint density at radius 1 is 1.65 bits per heavy atom. The number of hydrogen-bond donors (Lipinski definition) is 0. The van der Waals surface area contributed by atoms with Gasteiger partial charge >= 0.3 is 6.09 Å². The Morgan fingerprint density at radius 2 is 2.29 bits per heavy atom. The summed E-state index contributed by atoms with van der Waals surface area (Å²) in [5, 5.41) is 0. The normalized spacial score (nSPS) is 40.1. The molecule has 0 spiro atoms. The van der Waals surface area contributed by atoms with Crippen molar-refractivity contribution in [3.63, 3.8) is 0 Å². The fraction of sp³-hybridized carbons (Fsp3) is 0.643. The van der Waals surface area contributed by atoms with Crippen LogP contribution in [0.5, 0.6) is 0 Å². The van der Waals surface area contributed by atoms with Gasteiger partial charge in [-0.2, -0.15) is 0 Å². The zero-order valence-corrected chi connectivity index (χ0v) is 11.0. The van der Waals surface area contributed by atoms with Crippen LogP contribution in [0.4, 0.5) is 4.79 Å². The molecule has 0 bridgehead atoms. The van der Waals surface area contributed by atoms with Gasteiger partial charge in [0.2, 0.25) is 0 Å². The summed E-state index contributed by atoms with van der Waals surface area (Å²) in [5.74, 6) is 0.305. The van der Waals surface area contributed by atoms with Gasteiger partial charge in [0, 0.05) is 12.5 Å². The van der Waals surface area contributed by atoms with E-state index < -0.39 is 5.60 Å². The third kappa shape index (κ3) is 1.38. The highest BCUT2D eigenvalue weighted by atomic mass is 16.6. The lowest BCUT2D eigenvalue weighted by atomic mass is 9.77. The molecule has 2 fully saturated rings. The van der Waals surface area contributed by atoms with Crippen molar-refractivity contribution in [1.82, 2.24) is 4.90 Å². The average molecular weight is 235 g/mol. The summed E-state index contributed by atoms with van der Waals surface area (Å²) in [5.41, 5.74) is 0.449. The predicted octanol–water partition coefficient (Wildman–Crippen LogP) is 3.13. The maximum absolute atomic E-state index is 12.0. The maximum Gasteiger partial charge on any atom is 0.411 e. The molecular weight excluding hydrogens is 214 g/mol. The predicted molar refractivity (Wildman–Crippen MR) is 67.7 cm³/mol. The fourth-order valence-corrected chi connectivity index (χ4v) is 3.51. The van der Waals surface area contributed by atoms with E-state index in [1.165, 1.54) is 0 Å². The van der Waals surface area contributed by atoms with Crippen molar-refractivity contribution in [1.29, 1.82) is 0 Å². The Morgan fingerprint density at radius 3 is 2.82 bits per heavy atom. The van der Waals surface area contributed by atoms with E-state index in [0.29, 0.717) is 12.5 Å². The van der Waals surface area contributed by atoms with Gasteiger partial charge in [-0.1, -0.05) is 18.2 Å². The molecule has 1 aliphatic carbocycles. The lowest BCUT2D eigenvalue weighted by Crippen LogP contribution is -2.55. The third-order valence-corrected chi connectivity index (χ3v) is 4.66. The van der Waals surface area contributed by atoms with Gasteiger partial charge in [0.05, 0.1) is 5.54 Å².